The van der Waals surface area contributed by atoms with Gasteiger partial charge < -0.3 is 10.1 Å². The number of methoxy groups -OCH3 is 1. The fourth-order valence-corrected chi connectivity index (χ4v) is 3.15. The number of ether oxygens (including phenoxy) is 1. The number of halogens is 1. The van der Waals surface area contributed by atoms with Gasteiger partial charge in [0.2, 0.25) is 0 Å². The molecule has 1 amide bonds. The van der Waals surface area contributed by atoms with Gasteiger partial charge in [0.1, 0.15) is 5.54 Å². The van der Waals surface area contributed by atoms with Crippen molar-refractivity contribution in [1.29, 1.82) is 0 Å². The van der Waals surface area contributed by atoms with Crippen LogP contribution >= 0.6 is 22.6 Å². The van der Waals surface area contributed by atoms with Crippen LogP contribution in [0.1, 0.15) is 36.0 Å². The summed E-state index contributed by atoms with van der Waals surface area (Å²) >= 11 is 2.39. The topological polar surface area (TPSA) is 55.4 Å². The predicted molar refractivity (Wildman–Crippen MR) is 84.9 cm³/mol. The van der Waals surface area contributed by atoms with Gasteiger partial charge in [-0.15, -0.1) is 0 Å². The number of hydrogen-bond donors (Lipinski definition) is 1. The van der Waals surface area contributed by atoms with Crippen molar-refractivity contribution < 1.29 is 14.3 Å². The number of amides is 1. The summed E-state index contributed by atoms with van der Waals surface area (Å²) in [4.78, 5) is 24.4. The van der Waals surface area contributed by atoms with E-state index in [1.54, 1.807) is 12.1 Å². The van der Waals surface area contributed by atoms with Gasteiger partial charge in [0.25, 0.3) is 5.91 Å². The van der Waals surface area contributed by atoms with Crippen LogP contribution in [-0.2, 0) is 9.53 Å². The van der Waals surface area contributed by atoms with E-state index in [1.165, 1.54) is 7.11 Å². The zero-order chi connectivity index (χ0) is 14.6. The van der Waals surface area contributed by atoms with E-state index >= 15 is 0 Å². The predicted octanol–water partition coefficient (Wildman–Crippen LogP) is 2.71. The summed E-state index contributed by atoms with van der Waals surface area (Å²) < 4.78 is 5.46. The van der Waals surface area contributed by atoms with Crippen molar-refractivity contribution in [2.75, 3.05) is 7.11 Å². The minimum atomic E-state index is -0.872. The molecule has 0 radical (unpaired) electrons. The Hall–Kier alpha value is -1.11. The molecule has 0 unspecified atom stereocenters. The van der Waals surface area contributed by atoms with Crippen LogP contribution in [0.25, 0.3) is 0 Å². The Balaban J connectivity index is 2.17. The molecule has 0 atom stereocenters. The lowest BCUT2D eigenvalue weighted by Gasteiger charge is -2.37. The number of esters is 1. The smallest absolute Gasteiger partial charge is 0.331 e. The summed E-state index contributed by atoms with van der Waals surface area (Å²) in [5.74, 6) is -0.562. The molecule has 1 aromatic carbocycles. The third-order valence-corrected chi connectivity index (χ3v) is 4.98. The second-order valence-electron chi connectivity index (χ2n) is 5.07. The van der Waals surface area contributed by atoms with Gasteiger partial charge in [-0.3, -0.25) is 4.79 Å². The van der Waals surface area contributed by atoms with Crippen molar-refractivity contribution in [2.24, 2.45) is 0 Å². The number of hydrogen-bond acceptors (Lipinski definition) is 3. The number of rotatable bonds is 3. The van der Waals surface area contributed by atoms with Crippen molar-refractivity contribution in [3.05, 3.63) is 35.9 Å². The molecule has 1 N–H and O–H groups in total. The number of carbonyl (C=O) groups is 2. The van der Waals surface area contributed by atoms with Crippen LogP contribution in [0.15, 0.2) is 30.3 Å². The SMILES string of the molecule is COC(=O)C1(NC(=O)c2ccccc2)CCC(I)CC1. The van der Waals surface area contributed by atoms with Crippen molar-refractivity contribution in [1.82, 2.24) is 5.32 Å². The third-order valence-electron chi connectivity index (χ3n) is 3.73. The molecule has 1 aliphatic carbocycles. The molecule has 1 aliphatic rings. The molecule has 0 aromatic heterocycles. The summed E-state index contributed by atoms with van der Waals surface area (Å²) in [6.07, 6.45) is 3.08. The molecule has 1 fully saturated rings. The Labute approximate surface area is 132 Å². The van der Waals surface area contributed by atoms with Crippen LogP contribution in [0.5, 0.6) is 0 Å². The van der Waals surface area contributed by atoms with Gasteiger partial charge in [-0.2, -0.15) is 0 Å². The standard InChI is InChI=1S/C15H18INO3/c1-20-14(19)15(9-7-12(16)8-10-15)17-13(18)11-5-3-2-4-6-11/h2-6,12H,7-10H2,1H3,(H,17,18). The van der Waals surface area contributed by atoms with Crippen molar-refractivity contribution >= 4 is 34.5 Å². The summed E-state index contributed by atoms with van der Waals surface area (Å²) in [6.45, 7) is 0. The van der Waals surface area contributed by atoms with Crippen LogP contribution in [0.3, 0.4) is 0 Å². The molecular formula is C15H18INO3. The minimum Gasteiger partial charge on any atom is -0.467 e. The highest BCUT2D eigenvalue weighted by atomic mass is 127. The molecule has 2 rings (SSSR count). The van der Waals surface area contributed by atoms with E-state index in [0.29, 0.717) is 22.3 Å². The Kier molecular flexibility index (Phi) is 5.01. The quantitative estimate of drug-likeness (QED) is 0.493. The monoisotopic (exact) mass is 387 g/mol. The molecule has 0 heterocycles. The Bertz CT molecular complexity index is 481. The maximum Gasteiger partial charge on any atom is 0.331 e. The zero-order valence-corrected chi connectivity index (χ0v) is 13.6. The maximum absolute atomic E-state index is 12.3. The lowest BCUT2D eigenvalue weighted by Crippen LogP contribution is -2.57. The Morgan fingerprint density at radius 1 is 1.25 bits per heavy atom. The van der Waals surface area contributed by atoms with Crippen LogP contribution in [0.2, 0.25) is 0 Å². The highest BCUT2D eigenvalue weighted by Crippen LogP contribution is 2.33. The number of carbonyl (C=O) groups excluding carboxylic acids is 2. The molecule has 20 heavy (non-hydrogen) atoms. The Morgan fingerprint density at radius 2 is 1.85 bits per heavy atom. The summed E-state index contributed by atoms with van der Waals surface area (Å²) in [5, 5.41) is 2.90. The van der Waals surface area contributed by atoms with E-state index < -0.39 is 5.54 Å². The fraction of sp³-hybridized carbons (Fsp3) is 0.467. The van der Waals surface area contributed by atoms with Gasteiger partial charge in [-0.25, -0.2) is 4.79 Å². The van der Waals surface area contributed by atoms with Gasteiger partial charge in [0.05, 0.1) is 7.11 Å². The first-order valence-corrected chi connectivity index (χ1v) is 7.92. The van der Waals surface area contributed by atoms with E-state index in [-0.39, 0.29) is 11.9 Å². The van der Waals surface area contributed by atoms with Crippen molar-refractivity contribution in [3.8, 4) is 0 Å². The van der Waals surface area contributed by atoms with Gasteiger partial charge in [-0.05, 0) is 37.8 Å². The van der Waals surface area contributed by atoms with E-state index in [4.69, 9.17) is 4.74 Å². The van der Waals surface area contributed by atoms with E-state index in [9.17, 15) is 9.59 Å². The average Bonchev–Trinajstić information content (AvgIpc) is 2.49. The highest BCUT2D eigenvalue weighted by molar-refractivity contribution is 14.1. The second-order valence-corrected chi connectivity index (χ2v) is 6.83. The highest BCUT2D eigenvalue weighted by Gasteiger charge is 2.43. The van der Waals surface area contributed by atoms with Crippen molar-refractivity contribution in [3.63, 3.8) is 0 Å². The third kappa shape index (κ3) is 3.31. The molecule has 1 saturated carbocycles. The van der Waals surface area contributed by atoms with Gasteiger partial charge in [0.15, 0.2) is 0 Å². The van der Waals surface area contributed by atoms with Crippen LogP contribution < -0.4 is 5.32 Å². The average molecular weight is 387 g/mol. The molecule has 0 aliphatic heterocycles. The molecule has 0 bridgehead atoms. The minimum absolute atomic E-state index is 0.220. The number of nitrogens with one attached hydrogen (secondary N) is 1. The first kappa shape index (κ1) is 15.3. The first-order chi connectivity index (χ1) is 9.57. The van der Waals surface area contributed by atoms with Crippen molar-refractivity contribution in [2.45, 2.75) is 35.1 Å². The molecule has 0 spiro atoms. The molecule has 4 nitrogen and oxygen atoms in total. The maximum atomic E-state index is 12.3. The summed E-state index contributed by atoms with van der Waals surface area (Å²) in [5.41, 5.74) is -0.309. The van der Waals surface area contributed by atoms with Gasteiger partial charge in [-0.1, -0.05) is 40.8 Å². The lowest BCUT2D eigenvalue weighted by atomic mass is 9.81. The number of benzene rings is 1. The largest absolute Gasteiger partial charge is 0.467 e. The van der Waals surface area contributed by atoms with E-state index in [2.05, 4.69) is 27.9 Å². The molecule has 5 heteroatoms. The van der Waals surface area contributed by atoms with Gasteiger partial charge >= 0.3 is 5.97 Å². The van der Waals surface area contributed by atoms with E-state index in [1.807, 2.05) is 18.2 Å². The van der Waals surface area contributed by atoms with Crippen LogP contribution in [-0.4, -0.2) is 28.4 Å². The van der Waals surface area contributed by atoms with Gasteiger partial charge in [0, 0.05) is 9.49 Å². The Morgan fingerprint density at radius 3 is 2.40 bits per heavy atom. The van der Waals surface area contributed by atoms with Crippen LogP contribution in [0, 0.1) is 0 Å². The normalized spacial score (nSPS) is 25.8. The molecular weight excluding hydrogens is 369 g/mol. The number of alkyl halides is 1. The molecule has 108 valence electrons. The summed E-state index contributed by atoms with van der Waals surface area (Å²) in [7, 11) is 1.37. The van der Waals surface area contributed by atoms with E-state index in [0.717, 1.165) is 12.8 Å². The lowest BCUT2D eigenvalue weighted by molar-refractivity contribution is -0.149. The molecule has 1 aromatic rings. The second kappa shape index (κ2) is 6.56. The zero-order valence-electron chi connectivity index (χ0n) is 11.4. The first-order valence-electron chi connectivity index (χ1n) is 6.67. The van der Waals surface area contributed by atoms with Crippen LogP contribution in [0.4, 0.5) is 0 Å². The fourth-order valence-electron chi connectivity index (χ4n) is 2.53. The summed E-state index contributed by atoms with van der Waals surface area (Å²) in [6, 6.07) is 8.95. The molecule has 0 saturated heterocycles.